The van der Waals surface area contributed by atoms with Crippen LogP contribution < -0.4 is 10.2 Å². The minimum atomic E-state index is -1.50. The molecule has 0 aliphatic carbocycles. The number of anilines is 2. The second-order valence-electron chi connectivity index (χ2n) is 10.8. The molecule has 7 rings (SSSR count). The third kappa shape index (κ3) is 3.57. The number of nitrogens with zero attached hydrogens (tertiary/aromatic N) is 1. The van der Waals surface area contributed by atoms with Crippen molar-refractivity contribution in [1.82, 2.24) is 0 Å². The fourth-order valence-electron chi connectivity index (χ4n) is 6.91. The van der Waals surface area contributed by atoms with Gasteiger partial charge in [0.1, 0.15) is 17.3 Å². The van der Waals surface area contributed by atoms with Gasteiger partial charge in [0, 0.05) is 22.0 Å². The van der Waals surface area contributed by atoms with E-state index in [-0.39, 0.29) is 11.3 Å². The second-order valence-corrected chi connectivity index (χ2v) is 11.2. The second kappa shape index (κ2) is 9.25. The SMILES string of the molecule is Cc1ccc2c(c1)C=C[C@@H]1N2[C@H](C(=O)c2ccc(Cl)cc2)[C@@H](C(=O)c2ccccc2F)[C@]12C(=O)Nc1ccccc12. The molecule has 0 saturated carbocycles. The van der Waals surface area contributed by atoms with E-state index in [0.29, 0.717) is 21.8 Å². The monoisotopic (exact) mass is 562 g/mol. The highest BCUT2D eigenvalue weighted by Crippen LogP contribution is 2.58. The number of hydrogen-bond acceptors (Lipinski definition) is 4. The molecule has 1 N–H and O–H groups in total. The van der Waals surface area contributed by atoms with Gasteiger partial charge in [0.25, 0.3) is 0 Å². The maximum absolute atomic E-state index is 15.3. The summed E-state index contributed by atoms with van der Waals surface area (Å²) in [5.41, 5.74) is 2.51. The molecule has 41 heavy (non-hydrogen) atoms. The number of carbonyl (C=O) groups excluding carboxylic acids is 3. The molecular weight excluding hydrogens is 539 g/mol. The van der Waals surface area contributed by atoms with Crippen LogP contribution in [0.3, 0.4) is 0 Å². The number of rotatable bonds is 4. The summed E-state index contributed by atoms with van der Waals surface area (Å²) in [6.45, 7) is 1.98. The first-order chi connectivity index (χ1) is 19.8. The molecule has 1 spiro atoms. The van der Waals surface area contributed by atoms with Gasteiger partial charge in [-0.05, 0) is 72.6 Å². The quantitative estimate of drug-likeness (QED) is 0.283. The molecular formula is C34H24ClFN2O3. The van der Waals surface area contributed by atoms with Crippen LogP contribution in [0.4, 0.5) is 15.8 Å². The van der Waals surface area contributed by atoms with Gasteiger partial charge in [-0.15, -0.1) is 0 Å². The van der Waals surface area contributed by atoms with Gasteiger partial charge in [0.2, 0.25) is 5.91 Å². The van der Waals surface area contributed by atoms with Crippen molar-refractivity contribution in [1.29, 1.82) is 0 Å². The van der Waals surface area contributed by atoms with Gasteiger partial charge >= 0.3 is 0 Å². The molecule has 0 radical (unpaired) electrons. The molecule has 1 fully saturated rings. The lowest BCUT2D eigenvalue weighted by molar-refractivity contribution is -0.121. The normalized spacial score (nSPS) is 23.6. The highest BCUT2D eigenvalue weighted by atomic mass is 35.5. The molecule has 1 saturated heterocycles. The van der Waals surface area contributed by atoms with Crippen LogP contribution >= 0.6 is 11.6 Å². The zero-order chi connectivity index (χ0) is 28.5. The Hall–Kier alpha value is -4.55. The van der Waals surface area contributed by atoms with Crippen LogP contribution in [0, 0.1) is 18.7 Å². The smallest absolute Gasteiger partial charge is 0.238 e. The highest BCUT2D eigenvalue weighted by Gasteiger charge is 2.70. The van der Waals surface area contributed by atoms with Gasteiger partial charge < -0.3 is 10.2 Å². The van der Waals surface area contributed by atoms with Gasteiger partial charge in [0.15, 0.2) is 11.6 Å². The van der Waals surface area contributed by atoms with Crippen LogP contribution in [0.1, 0.15) is 37.4 Å². The number of halogens is 2. The van der Waals surface area contributed by atoms with Crippen molar-refractivity contribution < 1.29 is 18.8 Å². The van der Waals surface area contributed by atoms with Crippen LogP contribution in [0.5, 0.6) is 0 Å². The van der Waals surface area contributed by atoms with E-state index >= 15 is 4.39 Å². The van der Waals surface area contributed by atoms with Crippen molar-refractivity contribution in [3.05, 3.63) is 136 Å². The van der Waals surface area contributed by atoms with Gasteiger partial charge in [-0.2, -0.15) is 0 Å². The molecule has 4 aromatic carbocycles. The van der Waals surface area contributed by atoms with E-state index in [1.165, 1.54) is 18.2 Å². The van der Waals surface area contributed by atoms with Gasteiger partial charge in [0.05, 0.1) is 17.5 Å². The number of aryl methyl sites for hydroxylation is 1. The van der Waals surface area contributed by atoms with Crippen molar-refractivity contribution in [3.8, 4) is 0 Å². The number of hydrogen-bond donors (Lipinski definition) is 1. The summed E-state index contributed by atoms with van der Waals surface area (Å²) in [6, 6.07) is 23.5. The van der Waals surface area contributed by atoms with E-state index in [1.54, 1.807) is 36.4 Å². The molecule has 3 heterocycles. The van der Waals surface area contributed by atoms with E-state index < -0.39 is 40.9 Å². The first-order valence-electron chi connectivity index (χ1n) is 13.4. The molecule has 4 aromatic rings. The molecule has 0 aromatic heterocycles. The number of ketones is 2. The average molecular weight is 563 g/mol. The van der Waals surface area contributed by atoms with Crippen molar-refractivity contribution in [2.24, 2.45) is 5.92 Å². The zero-order valence-corrected chi connectivity index (χ0v) is 22.7. The minimum Gasteiger partial charge on any atom is -0.352 e. The number of benzene rings is 4. The molecule has 1 amide bonds. The van der Waals surface area contributed by atoms with Crippen molar-refractivity contribution in [3.63, 3.8) is 0 Å². The molecule has 3 aliphatic heterocycles. The predicted molar refractivity (Wildman–Crippen MR) is 157 cm³/mol. The molecule has 5 nitrogen and oxygen atoms in total. The fraction of sp³-hybridized carbons (Fsp3) is 0.147. The molecule has 3 aliphatic rings. The van der Waals surface area contributed by atoms with E-state index in [0.717, 1.165) is 16.8 Å². The number of carbonyl (C=O) groups is 3. The Bertz CT molecular complexity index is 1800. The number of nitrogens with one attached hydrogen (secondary N) is 1. The third-order valence-electron chi connectivity index (χ3n) is 8.61. The Labute approximate surface area is 241 Å². The molecule has 0 bridgehead atoms. The summed E-state index contributed by atoms with van der Waals surface area (Å²) in [7, 11) is 0. The minimum absolute atomic E-state index is 0.157. The number of fused-ring (bicyclic) bond motifs is 6. The van der Waals surface area contributed by atoms with Crippen molar-refractivity contribution in [2.75, 3.05) is 10.2 Å². The first kappa shape index (κ1) is 25.4. The number of amides is 1. The van der Waals surface area contributed by atoms with Gasteiger partial charge in [-0.25, -0.2) is 4.39 Å². The standard InChI is InChI=1S/C34H24ClFN2O3/c1-19-10-16-27-21(18-19)13-17-28-34(24-7-3-5-9-26(24)37-33(34)41)29(32(40)23-6-2-4-8-25(23)36)30(38(27)28)31(39)20-11-14-22(35)15-12-20/h2-18,28-30H,1H3,(H,37,41)/t28-,29-,30-,34+/m0/s1. The Morgan fingerprint density at radius 3 is 2.44 bits per heavy atom. The Morgan fingerprint density at radius 2 is 1.66 bits per heavy atom. The van der Waals surface area contributed by atoms with Gasteiger partial charge in [-0.1, -0.05) is 65.7 Å². The average Bonchev–Trinajstić information content (AvgIpc) is 3.45. The number of Topliss-reactive ketones (excluding diaryl/α,β-unsaturated/α-hetero) is 2. The van der Waals surface area contributed by atoms with Crippen LogP contribution in [0.25, 0.3) is 6.08 Å². The Balaban J connectivity index is 1.55. The molecule has 7 heteroatoms. The lowest BCUT2D eigenvalue weighted by Crippen LogP contribution is -2.51. The lowest BCUT2D eigenvalue weighted by Gasteiger charge is -2.37. The van der Waals surface area contributed by atoms with Gasteiger partial charge in [-0.3, -0.25) is 14.4 Å². The third-order valence-corrected chi connectivity index (χ3v) is 8.86. The summed E-state index contributed by atoms with van der Waals surface area (Å²) < 4.78 is 15.3. The van der Waals surface area contributed by atoms with E-state index in [1.807, 2.05) is 60.4 Å². The first-order valence-corrected chi connectivity index (χ1v) is 13.8. The topological polar surface area (TPSA) is 66.5 Å². The molecule has 4 atom stereocenters. The highest BCUT2D eigenvalue weighted by molar-refractivity contribution is 6.30. The van der Waals surface area contributed by atoms with E-state index in [2.05, 4.69) is 5.32 Å². The van der Waals surface area contributed by atoms with Crippen LogP contribution in [-0.4, -0.2) is 29.6 Å². The molecule has 202 valence electrons. The van der Waals surface area contributed by atoms with E-state index in [4.69, 9.17) is 11.6 Å². The zero-order valence-electron chi connectivity index (χ0n) is 22.0. The van der Waals surface area contributed by atoms with Crippen LogP contribution in [0.2, 0.25) is 5.02 Å². The molecule has 0 unspecified atom stereocenters. The largest absolute Gasteiger partial charge is 0.352 e. The number of para-hydroxylation sites is 1. The summed E-state index contributed by atoms with van der Waals surface area (Å²) in [5, 5.41) is 3.44. The summed E-state index contributed by atoms with van der Waals surface area (Å²) in [6.07, 6.45) is 3.85. The van der Waals surface area contributed by atoms with Crippen LogP contribution in [-0.2, 0) is 10.2 Å². The van der Waals surface area contributed by atoms with E-state index in [9.17, 15) is 14.4 Å². The lowest BCUT2D eigenvalue weighted by atomic mass is 9.64. The maximum Gasteiger partial charge on any atom is 0.238 e. The van der Waals surface area contributed by atoms with Crippen LogP contribution in [0.15, 0.2) is 97.1 Å². The van der Waals surface area contributed by atoms with Crippen molar-refractivity contribution >= 4 is 46.5 Å². The summed E-state index contributed by atoms with van der Waals surface area (Å²) in [4.78, 5) is 45.5. The Kier molecular flexibility index (Phi) is 5.73. The summed E-state index contributed by atoms with van der Waals surface area (Å²) in [5.74, 6) is -3.28. The fourth-order valence-corrected chi connectivity index (χ4v) is 7.04. The summed E-state index contributed by atoms with van der Waals surface area (Å²) >= 11 is 6.14. The maximum atomic E-state index is 15.3. The predicted octanol–water partition coefficient (Wildman–Crippen LogP) is 6.64. The van der Waals surface area contributed by atoms with Crippen molar-refractivity contribution in [2.45, 2.75) is 24.4 Å². The Morgan fingerprint density at radius 1 is 0.927 bits per heavy atom.